The molecule has 0 radical (unpaired) electrons. The van der Waals surface area contributed by atoms with E-state index in [0.29, 0.717) is 25.4 Å². The van der Waals surface area contributed by atoms with E-state index in [-0.39, 0.29) is 9.56 Å². The number of rotatable bonds is 4. The van der Waals surface area contributed by atoms with Gasteiger partial charge in [0.25, 0.3) is 0 Å². The van der Waals surface area contributed by atoms with Crippen molar-refractivity contribution < 1.29 is 12.8 Å². The summed E-state index contributed by atoms with van der Waals surface area (Å²) in [6.07, 6.45) is 2.83. The Morgan fingerprint density at radius 2 is 2.26 bits per heavy atom. The van der Waals surface area contributed by atoms with Gasteiger partial charge in [-0.3, -0.25) is 0 Å². The summed E-state index contributed by atoms with van der Waals surface area (Å²) in [4.78, 5) is 0.201. The first-order valence-corrected chi connectivity index (χ1v) is 8.27. The molecule has 0 spiro atoms. The smallest absolute Gasteiger partial charge is 0.247 e. The van der Waals surface area contributed by atoms with Gasteiger partial charge in [0.1, 0.15) is 10.7 Å². The fraction of sp³-hybridized carbons (Fsp3) is 0.500. The number of sulfonamides is 1. The Kier molecular flexibility index (Phi) is 4.50. The molecule has 0 fully saturated rings. The van der Waals surface area contributed by atoms with Crippen molar-refractivity contribution in [1.82, 2.24) is 9.62 Å². The summed E-state index contributed by atoms with van der Waals surface area (Å²) in [6.45, 7) is 3.39. The van der Waals surface area contributed by atoms with Crippen molar-refractivity contribution >= 4 is 26.0 Å². The van der Waals surface area contributed by atoms with E-state index in [1.54, 1.807) is 13.1 Å². The molecule has 0 saturated heterocycles. The molecule has 1 aliphatic heterocycles. The Labute approximate surface area is 121 Å². The molecule has 0 unspecified atom stereocenters. The first-order valence-electron chi connectivity index (χ1n) is 6.03. The highest BCUT2D eigenvalue weighted by atomic mass is 79.9. The first kappa shape index (κ1) is 14.8. The lowest BCUT2D eigenvalue weighted by Crippen LogP contribution is -2.35. The predicted molar refractivity (Wildman–Crippen MR) is 76.3 cm³/mol. The predicted octanol–water partition coefficient (Wildman–Crippen LogP) is 2.10. The van der Waals surface area contributed by atoms with Crippen LogP contribution in [0.15, 0.2) is 31.7 Å². The summed E-state index contributed by atoms with van der Waals surface area (Å²) in [5.41, 5.74) is 1.07. The van der Waals surface area contributed by atoms with Crippen LogP contribution in [0.4, 0.5) is 0 Å². The van der Waals surface area contributed by atoms with Crippen LogP contribution in [-0.2, 0) is 16.6 Å². The quantitative estimate of drug-likeness (QED) is 0.846. The molecule has 0 atom stereocenters. The molecule has 0 saturated carbocycles. The third-order valence-electron chi connectivity index (χ3n) is 2.97. The van der Waals surface area contributed by atoms with E-state index in [0.717, 1.165) is 12.0 Å². The Bertz CT molecular complexity index is 592. The standard InChI is InChI=1S/C12H17BrN2O3S/c1-9-4-3-5-15(8-9)19(16,17)11-6-10(7-14-2)18-12(11)13/h4,6,14H,3,5,7-8H2,1-2H3. The Morgan fingerprint density at radius 3 is 2.89 bits per heavy atom. The Hall–Kier alpha value is -0.630. The number of furan rings is 1. The average molecular weight is 349 g/mol. The minimum Gasteiger partial charge on any atom is -0.452 e. The van der Waals surface area contributed by atoms with Crippen molar-refractivity contribution in [2.24, 2.45) is 0 Å². The lowest BCUT2D eigenvalue weighted by atomic mass is 10.2. The highest BCUT2D eigenvalue weighted by molar-refractivity contribution is 9.10. The molecule has 1 aromatic rings. The summed E-state index contributed by atoms with van der Waals surface area (Å²) in [5, 5.41) is 2.93. The third-order valence-corrected chi connectivity index (χ3v) is 5.67. The largest absolute Gasteiger partial charge is 0.452 e. The van der Waals surface area contributed by atoms with Crippen LogP contribution in [0.2, 0.25) is 0 Å². The Morgan fingerprint density at radius 1 is 1.53 bits per heavy atom. The number of halogens is 1. The topological polar surface area (TPSA) is 62.6 Å². The maximum atomic E-state index is 12.6. The second-order valence-electron chi connectivity index (χ2n) is 4.56. The minimum atomic E-state index is -3.50. The van der Waals surface area contributed by atoms with Crippen LogP contribution in [0, 0.1) is 0 Å². The van der Waals surface area contributed by atoms with Gasteiger partial charge in [-0.2, -0.15) is 4.31 Å². The van der Waals surface area contributed by atoms with Crippen LogP contribution < -0.4 is 5.32 Å². The van der Waals surface area contributed by atoms with Gasteiger partial charge in [-0.25, -0.2) is 8.42 Å². The van der Waals surface area contributed by atoms with Gasteiger partial charge in [-0.1, -0.05) is 11.6 Å². The van der Waals surface area contributed by atoms with Gasteiger partial charge in [0, 0.05) is 19.2 Å². The highest BCUT2D eigenvalue weighted by Crippen LogP contribution is 2.30. The summed E-state index contributed by atoms with van der Waals surface area (Å²) < 4.78 is 32.3. The van der Waals surface area contributed by atoms with Gasteiger partial charge in [0.15, 0.2) is 4.67 Å². The summed E-state index contributed by atoms with van der Waals surface area (Å²) in [5.74, 6) is 0.595. The second-order valence-corrected chi connectivity index (χ2v) is 7.19. The van der Waals surface area contributed by atoms with Crippen LogP contribution in [0.5, 0.6) is 0 Å². The van der Waals surface area contributed by atoms with E-state index >= 15 is 0 Å². The van der Waals surface area contributed by atoms with Crippen LogP contribution in [0.3, 0.4) is 0 Å². The molecule has 1 N–H and O–H groups in total. The van der Waals surface area contributed by atoms with Gasteiger partial charge >= 0.3 is 0 Å². The molecular formula is C12H17BrN2O3S. The van der Waals surface area contributed by atoms with Crippen molar-refractivity contribution in [2.75, 3.05) is 20.1 Å². The van der Waals surface area contributed by atoms with Crippen LogP contribution in [0.1, 0.15) is 19.1 Å². The first-order chi connectivity index (χ1) is 8.95. The zero-order valence-corrected chi connectivity index (χ0v) is 13.3. The average Bonchev–Trinajstić information content (AvgIpc) is 2.71. The molecule has 5 nitrogen and oxygen atoms in total. The summed E-state index contributed by atoms with van der Waals surface area (Å²) >= 11 is 3.19. The molecule has 0 amide bonds. The fourth-order valence-electron chi connectivity index (χ4n) is 2.06. The molecule has 106 valence electrons. The number of hydrogen-bond donors (Lipinski definition) is 1. The van der Waals surface area contributed by atoms with Crippen LogP contribution in [-0.4, -0.2) is 32.9 Å². The number of hydrogen-bond acceptors (Lipinski definition) is 4. The van der Waals surface area contributed by atoms with Crippen molar-refractivity contribution in [1.29, 1.82) is 0 Å². The molecular weight excluding hydrogens is 332 g/mol. The molecule has 0 aromatic carbocycles. The molecule has 0 aliphatic carbocycles. The third kappa shape index (κ3) is 3.10. The fourth-order valence-corrected chi connectivity index (χ4v) is 4.51. The SMILES string of the molecule is CNCc1cc(S(=O)(=O)N2CCC=C(C)C2)c(Br)o1. The van der Waals surface area contributed by atoms with E-state index in [9.17, 15) is 8.42 Å². The minimum absolute atomic E-state index is 0.201. The lowest BCUT2D eigenvalue weighted by Gasteiger charge is -2.24. The summed E-state index contributed by atoms with van der Waals surface area (Å²) in [7, 11) is -1.72. The van der Waals surface area contributed by atoms with E-state index in [1.165, 1.54) is 4.31 Å². The van der Waals surface area contributed by atoms with Gasteiger partial charge in [0.05, 0.1) is 6.54 Å². The maximum Gasteiger partial charge on any atom is 0.247 e. The zero-order chi connectivity index (χ0) is 14.0. The molecule has 19 heavy (non-hydrogen) atoms. The van der Waals surface area contributed by atoms with Crippen molar-refractivity contribution in [2.45, 2.75) is 24.8 Å². The number of nitrogens with zero attached hydrogens (tertiary/aromatic N) is 1. The lowest BCUT2D eigenvalue weighted by molar-refractivity contribution is 0.424. The maximum absolute atomic E-state index is 12.6. The number of nitrogens with one attached hydrogen (secondary N) is 1. The van der Waals surface area contributed by atoms with E-state index in [1.807, 2.05) is 6.92 Å². The summed E-state index contributed by atoms with van der Waals surface area (Å²) in [6, 6.07) is 1.57. The second kappa shape index (κ2) is 5.78. The normalized spacial score (nSPS) is 17.5. The van der Waals surface area contributed by atoms with Gasteiger partial charge < -0.3 is 9.73 Å². The van der Waals surface area contributed by atoms with E-state index in [4.69, 9.17) is 4.42 Å². The molecule has 1 aliphatic rings. The van der Waals surface area contributed by atoms with E-state index < -0.39 is 10.0 Å². The van der Waals surface area contributed by atoms with Crippen LogP contribution >= 0.6 is 15.9 Å². The van der Waals surface area contributed by atoms with Crippen LogP contribution in [0.25, 0.3) is 0 Å². The molecule has 2 heterocycles. The van der Waals surface area contributed by atoms with Gasteiger partial charge in [-0.15, -0.1) is 0 Å². The molecule has 1 aromatic heterocycles. The monoisotopic (exact) mass is 348 g/mol. The van der Waals surface area contributed by atoms with Gasteiger partial charge in [0.2, 0.25) is 10.0 Å². The zero-order valence-electron chi connectivity index (χ0n) is 10.9. The highest BCUT2D eigenvalue weighted by Gasteiger charge is 2.30. The van der Waals surface area contributed by atoms with Gasteiger partial charge in [-0.05, 0) is 36.3 Å². The van der Waals surface area contributed by atoms with E-state index in [2.05, 4.69) is 27.3 Å². The van der Waals surface area contributed by atoms with Crippen molar-refractivity contribution in [3.8, 4) is 0 Å². The molecule has 7 heteroatoms. The van der Waals surface area contributed by atoms with Crippen molar-refractivity contribution in [3.63, 3.8) is 0 Å². The molecule has 0 bridgehead atoms. The van der Waals surface area contributed by atoms with Crippen molar-refractivity contribution in [3.05, 3.63) is 28.1 Å². The molecule has 2 rings (SSSR count). The Balaban J connectivity index is 2.31.